The Hall–Kier alpha value is -1.18. The number of halogens is 3. The summed E-state index contributed by atoms with van der Waals surface area (Å²) in [5.74, 6) is 0. The van der Waals surface area contributed by atoms with Crippen molar-refractivity contribution in [3.63, 3.8) is 0 Å². The van der Waals surface area contributed by atoms with E-state index >= 15 is 0 Å². The molecule has 0 saturated heterocycles. The van der Waals surface area contributed by atoms with E-state index in [0.717, 1.165) is 6.07 Å². The highest BCUT2D eigenvalue weighted by atomic mass is 19.4. The zero-order valence-corrected chi connectivity index (χ0v) is 9.87. The predicted octanol–water partition coefficient (Wildman–Crippen LogP) is 1.20. The summed E-state index contributed by atoms with van der Waals surface area (Å²) in [6, 6.07) is 2.22. The number of alkyl halides is 3. The molecule has 1 atom stereocenters. The molecule has 0 bridgehead atoms. The second-order valence-corrected chi connectivity index (χ2v) is 3.74. The summed E-state index contributed by atoms with van der Waals surface area (Å²) >= 11 is 0. The summed E-state index contributed by atoms with van der Waals surface area (Å²) in [4.78, 5) is 3.69. The summed E-state index contributed by atoms with van der Waals surface area (Å²) < 4.78 is 42.6. The highest BCUT2D eigenvalue weighted by Gasteiger charge is 2.33. The number of hydrogen-bond acceptors (Lipinski definition) is 4. The third-order valence-corrected chi connectivity index (χ3v) is 2.23. The fourth-order valence-corrected chi connectivity index (χ4v) is 1.45. The van der Waals surface area contributed by atoms with Gasteiger partial charge in [0.25, 0.3) is 0 Å². The van der Waals surface area contributed by atoms with Gasteiger partial charge in [-0.05, 0) is 12.1 Å². The molecule has 1 rings (SSSR count). The van der Waals surface area contributed by atoms with E-state index in [1.807, 2.05) is 0 Å². The molecule has 2 N–H and O–H groups in total. The van der Waals surface area contributed by atoms with Crippen molar-refractivity contribution in [2.24, 2.45) is 0 Å². The van der Waals surface area contributed by atoms with Gasteiger partial charge in [0.15, 0.2) is 0 Å². The molecule has 0 spiro atoms. The molecule has 18 heavy (non-hydrogen) atoms. The maximum absolute atomic E-state index is 12.6. The first-order chi connectivity index (χ1) is 8.45. The first-order valence-corrected chi connectivity index (χ1v) is 5.34. The van der Waals surface area contributed by atoms with Gasteiger partial charge in [-0.15, -0.1) is 0 Å². The first kappa shape index (κ1) is 14.9. The molecule has 0 radical (unpaired) electrons. The summed E-state index contributed by atoms with van der Waals surface area (Å²) in [5, 5.41) is 12.0. The smallest absolute Gasteiger partial charge is 0.389 e. The standard InChI is InChI=1S/C11H15F3N2O2/c1-18-7-8(17)5-15-6-10-9(11(12,13)14)3-2-4-16-10/h2-4,8,15,17H,5-7H2,1H3. The van der Waals surface area contributed by atoms with E-state index in [9.17, 15) is 18.3 Å². The fraction of sp³-hybridized carbons (Fsp3) is 0.545. The number of aliphatic hydroxyl groups is 1. The van der Waals surface area contributed by atoms with Crippen LogP contribution in [0.1, 0.15) is 11.3 Å². The Labute approximate surface area is 103 Å². The second kappa shape index (κ2) is 6.67. The number of aromatic nitrogens is 1. The number of nitrogens with zero attached hydrogens (tertiary/aromatic N) is 1. The lowest BCUT2D eigenvalue weighted by molar-refractivity contribution is -0.138. The van der Waals surface area contributed by atoms with Crippen molar-refractivity contribution < 1.29 is 23.0 Å². The molecular weight excluding hydrogens is 249 g/mol. The van der Waals surface area contributed by atoms with Gasteiger partial charge in [-0.2, -0.15) is 13.2 Å². The van der Waals surface area contributed by atoms with Crippen molar-refractivity contribution in [2.75, 3.05) is 20.3 Å². The number of aliphatic hydroxyl groups excluding tert-OH is 1. The molecule has 1 aromatic rings. The predicted molar refractivity (Wildman–Crippen MR) is 58.8 cm³/mol. The molecule has 102 valence electrons. The molecular formula is C11H15F3N2O2. The van der Waals surface area contributed by atoms with Gasteiger partial charge in [-0.1, -0.05) is 0 Å². The van der Waals surface area contributed by atoms with Gasteiger partial charge in [0.05, 0.1) is 24.0 Å². The normalized spacial score (nSPS) is 13.6. The number of pyridine rings is 1. The average Bonchev–Trinajstić information content (AvgIpc) is 2.28. The van der Waals surface area contributed by atoms with Gasteiger partial charge in [-0.25, -0.2) is 0 Å². The highest BCUT2D eigenvalue weighted by molar-refractivity contribution is 5.22. The summed E-state index contributed by atoms with van der Waals surface area (Å²) in [5.41, 5.74) is -0.853. The minimum Gasteiger partial charge on any atom is -0.389 e. The van der Waals surface area contributed by atoms with Gasteiger partial charge >= 0.3 is 6.18 Å². The number of methoxy groups -OCH3 is 1. The van der Waals surface area contributed by atoms with Crippen molar-refractivity contribution in [1.29, 1.82) is 0 Å². The van der Waals surface area contributed by atoms with Crippen LogP contribution in [0.15, 0.2) is 18.3 Å². The van der Waals surface area contributed by atoms with Crippen LogP contribution in [0.5, 0.6) is 0 Å². The maximum Gasteiger partial charge on any atom is 0.418 e. The van der Waals surface area contributed by atoms with E-state index in [0.29, 0.717) is 0 Å². The maximum atomic E-state index is 12.6. The summed E-state index contributed by atoms with van der Waals surface area (Å²) in [6.07, 6.45) is -3.87. The topological polar surface area (TPSA) is 54.4 Å². The van der Waals surface area contributed by atoms with Gasteiger partial charge in [0.1, 0.15) is 0 Å². The quantitative estimate of drug-likeness (QED) is 0.810. The van der Waals surface area contributed by atoms with Crippen LogP contribution in [0, 0.1) is 0 Å². The van der Waals surface area contributed by atoms with Crippen LogP contribution in [0.3, 0.4) is 0 Å². The van der Waals surface area contributed by atoms with Crippen LogP contribution < -0.4 is 5.32 Å². The van der Waals surface area contributed by atoms with Crippen LogP contribution in [0.25, 0.3) is 0 Å². The zero-order valence-electron chi connectivity index (χ0n) is 9.87. The van der Waals surface area contributed by atoms with Crippen LogP contribution in [-0.4, -0.2) is 36.5 Å². The molecule has 0 aliphatic heterocycles. The number of hydrogen-bond donors (Lipinski definition) is 2. The second-order valence-electron chi connectivity index (χ2n) is 3.74. The Kier molecular flexibility index (Phi) is 5.52. The highest BCUT2D eigenvalue weighted by Crippen LogP contribution is 2.30. The van der Waals surface area contributed by atoms with Crippen molar-refractivity contribution >= 4 is 0 Å². The Morgan fingerprint density at radius 1 is 1.50 bits per heavy atom. The molecule has 1 aromatic heterocycles. The van der Waals surface area contributed by atoms with Crippen molar-refractivity contribution in [2.45, 2.75) is 18.8 Å². The van der Waals surface area contributed by atoms with Crippen LogP contribution >= 0.6 is 0 Å². The third-order valence-electron chi connectivity index (χ3n) is 2.23. The molecule has 0 amide bonds. The monoisotopic (exact) mass is 264 g/mol. The van der Waals surface area contributed by atoms with Crippen molar-refractivity contribution in [1.82, 2.24) is 10.3 Å². The molecule has 0 aliphatic rings. The number of ether oxygens (including phenoxy) is 1. The Bertz CT molecular complexity index is 372. The Morgan fingerprint density at radius 3 is 2.83 bits per heavy atom. The molecule has 7 heteroatoms. The Balaban J connectivity index is 2.57. The molecule has 0 fully saturated rings. The van der Waals surface area contributed by atoms with Crippen molar-refractivity contribution in [3.05, 3.63) is 29.6 Å². The van der Waals surface area contributed by atoms with E-state index in [-0.39, 0.29) is 25.4 Å². The van der Waals surface area contributed by atoms with Gasteiger partial charge in [0.2, 0.25) is 0 Å². The number of rotatable bonds is 6. The molecule has 0 aromatic carbocycles. The van der Waals surface area contributed by atoms with Gasteiger partial charge in [-0.3, -0.25) is 4.98 Å². The lowest BCUT2D eigenvalue weighted by atomic mass is 10.2. The minimum atomic E-state index is -4.42. The molecule has 1 unspecified atom stereocenters. The van der Waals surface area contributed by atoms with Crippen molar-refractivity contribution in [3.8, 4) is 0 Å². The SMILES string of the molecule is COCC(O)CNCc1ncccc1C(F)(F)F. The van der Waals surface area contributed by atoms with E-state index in [1.54, 1.807) is 0 Å². The lowest BCUT2D eigenvalue weighted by Gasteiger charge is -2.13. The lowest BCUT2D eigenvalue weighted by Crippen LogP contribution is -2.30. The Morgan fingerprint density at radius 2 is 2.22 bits per heavy atom. The molecule has 0 aliphatic carbocycles. The molecule has 1 heterocycles. The van der Waals surface area contributed by atoms with E-state index in [2.05, 4.69) is 10.3 Å². The third kappa shape index (κ3) is 4.59. The minimum absolute atomic E-state index is 0.0591. The van der Waals surface area contributed by atoms with Gasteiger partial charge < -0.3 is 15.2 Å². The summed E-state index contributed by atoms with van der Waals surface area (Å²) in [7, 11) is 1.43. The summed E-state index contributed by atoms with van der Waals surface area (Å²) in [6.45, 7) is 0.208. The number of nitrogens with one attached hydrogen (secondary N) is 1. The first-order valence-electron chi connectivity index (χ1n) is 5.34. The largest absolute Gasteiger partial charge is 0.418 e. The van der Waals surface area contributed by atoms with E-state index < -0.39 is 17.8 Å². The molecule has 4 nitrogen and oxygen atoms in total. The molecule has 0 saturated carbocycles. The van der Waals surface area contributed by atoms with Crippen LogP contribution in [-0.2, 0) is 17.5 Å². The van der Waals surface area contributed by atoms with E-state index in [4.69, 9.17) is 4.74 Å². The van der Waals surface area contributed by atoms with E-state index in [1.165, 1.54) is 19.4 Å². The van der Waals surface area contributed by atoms with Crippen LogP contribution in [0.2, 0.25) is 0 Å². The van der Waals surface area contributed by atoms with Gasteiger partial charge in [0, 0.05) is 26.4 Å². The average molecular weight is 264 g/mol. The zero-order chi connectivity index (χ0) is 13.6. The fourth-order valence-electron chi connectivity index (χ4n) is 1.45. The van der Waals surface area contributed by atoms with Crippen LogP contribution in [0.4, 0.5) is 13.2 Å².